The smallest absolute Gasteiger partial charge is 0.291 e. The average Bonchev–Trinajstić information content (AvgIpc) is 3.41. The monoisotopic (exact) mass is 627 g/mol. The van der Waals surface area contributed by atoms with Gasteiger partial charge in [0, 0.05) is 45.9 Å². The molecule has 8 nitrogen and oxygen atoms in total. The standard InChI is InChI=1S/C34H37N3O5SSi/c1-24-17-18-41-31(24)33(39)36-29-10-8-9-25(20-29)11-12-27-19-28(22-35-21-27)32(38)37-43(5,40)30-15-13-26(14-16-30)23-42-44(6,7)34(2,3)4/h8-10,13-22H,23H2,1-7H3,(H,36,39). The first-order valence-electron chi connectivity index (χ1n) is 14.1. The lowest BCUT2D eigenvalue weighted by Crippen LogP contribution is -2.40. The molecular formula is C34H37N3O5SSi. The third kappa shape index (κ3) is 8.20. The summed E-state index contributed by atoms with van der Waals surface area (Å²) in [5, 5.41) is 2.90. The normalized spacial score (nSPS) is 12.9. The van der Waals surface area contributed by atoms with E-state index in [-0.39, 0.29) is 22.3 Å². The lowest BCUT2D eigenvalue weighted by Gasteiger charge is -2.36. The van der Waals surface area contributed by atoms with Crippen molar-refractivity contribution in [2.45, 2.75) is 57.3 Å². The number of furan rings is 1. The topological polar surface area (TPSA) is 111 Å². The molecule has 4 aromatic rings. The minimum Gasteiger partial charge on any atom is -0.459 e. The molecule has 0 spiro atoms. The number of nitrogens with one attached hydrogen (secondary N) is 1. The van der Waals surface area contributed by atoms with Gasteiger partial charge in [-0.2, -0.15) is 4.36 Å². The van der Waals surface area contributed by atoms with Crippen LogP contribution in [0.1, 0.15) is 63.9 Å². The molecule has 2 aromatic carbocycles. The first-order valence-corrected chi connectivity index (χ1v) is 18.9. The minimum atomic E-state index is -3.00. The highest BCUT2D eigenvalue weighted by molar-refractivity contribution is 7.93. The maximum atomic E-state index is 13.4. The van der Waals surface area contributed by atoms with E-state index < -0.39 is 24.0 Å². The SMILES string of the molecule is Cc1ccoc1C(=O)Nc1cccc(C#Cc2cncc(C(=O)N=S(C)(=O)c3ccc(CO[Si](C)(C)C(C)(C)C)cc3)c2)c1. The molecular weight excluding hydrogens is 591 g/mol. The van der Waals surface area contributed by atoms with Gasteiger partial charge in [0.2, 0.25) is 0 Å². The van der Waals surface area contributed by atoms with Gasteiger partial charge < -0.3 is 14.2 Å². The van der Waals surface area contributed by atoms with Crippen LogP contribution in [0.3, 0.4) is 0 Å². The van der Waals surface area contributed by atoms with E-state index in [1.54, 1.807) is 55.5 Å². The highest BCUT2D eigenvalue weighted by Gasteiger charge is 2.37. The van der Waals surface area contributed by atoms with E-state index in [0.29, 0.717) is 28.3 Å². The quantitative estimate of drug-likeness (QED) is 0.168. The van der Waals surface area contributed by atoms with Crippen LogP contribution in [0.5, 0.6) is 0 Å². The summed E-state index contributed by atoms with van der Waals surface area (Å²) in [5.41, 5.74) is 3.59. The Morgan fingerprint density at radius 2 is 1.73 bits per heavy atom. The fourth-order valence-corrected chi connectivity index (χ4v) is 5.95. The van der Waals surface area contributed by atoms with E-state index in [1.165, 1.54) is 24.9 Å². The van der Waals surface area contributed by atoms with Gasteiger partial charge in [-0.15, -0.1) is 0 Å². The number of hydrogen-bond donors (Lipinski definition) is 1. The Hall–Kier alpha value is -4.30. The first-order chi connectivity index (χ1) is 20.6. The highest BCUT2D eigenvalue weighted by Crippen LogP contribution is 2.37. The largest absolute Gasteiger partial charge is 0.459 e. The van der Waals surface area contributed by atoms with Crippen molar-refractivity contribution >= 4 is 35.5 Å². The number of aryl methyl sites for hydroxylation is 1. The average molecular weight is 628 g/mol. The van der Waals surface area contributed by atoms with Crippen molar-refractivity contribution in [2.24, 2.45) is 4.36 Å². The number of amides is 2. The Morgan fingerprint density at radius 3 is 2.39 bits per heavy atom. The second-order valence-corrected chi connectivity index (χ2v) is 19.1. The Bertz CT molecular complexity index is 1870. The van der Waals surface area contributed by atoms with Crippen molar-refractivity contribution in [1.82, 2.24) is 4.98 Å². The zero-order valence-corrected chi connectivity index (χ0v) is 27.9. The van der Waals surface area contributed by atoms with Crippen molar-refractivity contribution in [3.63, 3.8) is 0 Å². The lowest BCUT2D eigenvalue weighted by atomic mass is 10.1. The van der Waals surface area contributed by atoms with Crippen LogP contribution in [-0.4, -0.2) is 35.6 Å². The van der Waals surface area contributed by atoms with Gasteiger partial charge in [-0.1, -0.05) is 50.8 Å². The van der Waals surface area contributed by atoms with E-state index in [1.807, 2.05) is 12.1 Å². The first kappa shape index (κ1) is 32.6. The molecule has 2 amide bonds. The van der Waals surface area contributed by atoms with E-state index in [2.05, 4.69) is 60.4 Å². The predicted octanol–water partition coefficient (Wildman–Crippen LogP) is 7.45. The summed E-state index contributed by atoms with van der Waals surface area (Å²) in [5.74, 6) is 5.27. The summed E-state index contributed by atoms with van der Waals surface area (Å²) in [6.45, 7) is 13.2. The van der Waals surface area contributed by atoms with Crippen molar-refractivity contribution in [3.8, 4) is 11.8 Å². The molecule has 228 valence electrons. The third-order valence-electron chi connectivity index (χ3n) is 7.55. The third-order valence-corrected chi connectivity index (χ3v) is 13.7. The van der Waals surface area contributed by atoms with Crippen molar-refractivity contribution in [3.05, 3.63) is 113 Å². The molecule has 1 unspecified atom stereocenters. The van der Waals surface area contributed by atoms with Crippen LogP contribution in [0.4, 0.5) is 5.69 Å². The molecule has 1 atom stereocenters. The molecule has 2 heterocycles. The fourth-order valence-electron chi connectivity index (χ4n) is 3.82. The molecule has 2 aromatic heterocycles. The number of carbonyl (C=O) groups is 2. The molecule has 0 fully saturated rings. The number of nitrogens with zero attached hydrogens (tertiary/aromatic N) is 2. The number of rotatable bonds is 7. The van der Waals surface area contributed by atoms with Gasteiger partial charge in [-0.05, 0) is 73.1 Å². The summed E-state index contributed by atoms with van der Waals surface area (Å²) in [6, 6.07) is 17.5. The summed E-state index contributed by atoms with van der Waals surface area (Å²) >= 11 is 0. The Morgan fingerprint density at radius 1 is 1.02 bits per heavy atom. The van der Waals surface area contributed by atoms with Crippen molar-refractivity contribution < 1.29 is 22.6 Å². The van der Waals surface area contributed by atoms with E-state index in [9.17, 15) is 13.8 Å². The molecule has 0 aliphatic rings. The van der Waals surface area contributed by atoms with E-state index >= 15 is 0 Å². The van der Waals surface area contributed by atoms with Crippen LogP contribution < -0.4 is 5.32 Å². The second-order valence-electron chi connectivity index (χ2n) is 12.1. The molecule has 44 heavy (non-hydrogen) atoms. The number of pyridine rings is 1. The molecule has 4 rings (SSSR count). The van der Waals surface area contributed by atoms with Crippen LogP contribution >= 0.6 is 0 Å². The van der Waals surface area contributed by atoms with Crippen LogP contribution in [0.2, 0.25) is 18.1 Å². The van der Waals surface area contributed by atoms with Crippen LogP contribution in [0.15, 0.2) is 93.0 Å². The van der Waals surface area contributed by atoms with E-state index in [4.69, 9.17) is 8.84 Å². The number of aromatic nitrogens is 1. The van der Waals surface area contributed by atoms with Crippen molar-refractivity contribution in [2.75, 3.05) is 11.6 Å². The Balaban J connectivity index is 1.45. The maximum absolute atomic E-state index is 13.4. The van der Waals surface area contributed by atoms with Gasteiger partial charge in [0.25, 0.3) is 11.8 Å². The number of carbonyl (C=O) groups excluding carboxylic acids is 2. The Kier molecular flexibility index (Phi) is 9.74. The summed E-state index contributed by atoms with van der Waals surface area (Å²) in [4.78, 5) is 30.1. The highest BCUT2D eigenvalue weighted by atomic mass is 32.2. The van der Waals surface area contributed by atoms with Gasteiger partial charge in [0.05, 0.1) is 28.2 Å². The van der Waals surface area contributed by atoms with Gasteiger partial charge >= 0.3 is 0 Å². The van der Waals surface area contributed by atoms with Crippen LogP contribution in [-0.2, 0) is 20.8 Å². The number of benzene rings is 2. The molecule has 10 heteroatoms. The minimum absolute atomic E-state index is 0.103. The summed E-state index contributed by atoms with van der Waals surface area (Å²) < 4.78 is 29.0. The van der Waals surface area contributed by atoms with E-state index in [0.717, 1.165) is 11.1 Å². The number of anilines is 1. The van der Waals surface area contributed by atoms with Gasteiger partial charge in [-0.25, -0.2) is 4.21 Å². The Labute approximate surface area is 260 Å². The molecule has 1 N–H and O–H groups in total. The molecule has 0 aliphatic carbocycles. The molecule has 0 saturated heterocycles. The lowest BCUT2D eigenvalue weighted by molar-refractivity contribution is 0.0991. The summed E-state index contributed by atoms with van der Waals surface area (Å²) in [6.07, 6.45) is 5.82. The molecule has 0 radical (unpaired) electrons. The van der Waals surface area contributed by atoms with Crippen LogP contribution in [0, 0.1) is 18.8 Å². The van der Waals surface area contributed by atoms with Crippen LogP contribution in [0.25, 0.3) is 0 Å². The fraction of sp³-hybridized carbons (Fsp3) is 0.265. The maximum Gasteiger partial charge on any atom is 0.291 e. The van der Waals surface area contributed by atoms with Gasteiger partial charge in [0.1, 0.15) is 0 Å². The molecule has 0 aliphatic heterocycles. The van der Waals surface area contributed by atoms with Crippen molar-refractivity contribution in [1.29, 1.82) is 0 Å². The number of hydrogen-bond acceptors (Lipinski definition) is 6. The molecule has 0 bridgehead atoms. The second kappa shape index (κ2) is 13.1. The zero-order chi connectivity index (χ0) is 32.1. The van der Waals surface area contributed by atoms with Gasteiger partial charge in [0.15, 0.2) is 14.1 Å². The summed E-state index contributed by atoms with van der Waals surface area (Å²) in [7, 11) is -4.91. The molecule has 0 saturated carbocycles. The van der Waals surface area contributed by atoms with Gasteiger partial charge in [-0.3, -0.25) is 14.6 Å². The zero-order valence-electron chi connectivity index (χ0n) is 26.1. The predicted molar refractivity (Wildman–Crippen MR) is 176 cm³/mol.